The number of rotatable bonds is 21. The summed E-state index contributed by atoms with van der Waals surface area (Å²) in [7, 11) is 0. The number of nitrogens with zero attached hydrogens (tertiary/aromatic N) is 3. The smallest absolute Gasteiger partial charge is 0.338 e. The third-order valence-electron chi connectivity index (χ3n) is 8.68. The number of carbonyl (C=O) groups is 3. The first-order chi connectivity index (χ1) is 24.8. The molecule has 4 rings (SSSR count). The van der Waals surface area contributed by atoms with E-state index in [1.807, 2.05) is 0 Å². The van der Waals surface area contributed by atoms with Crippen molar-refractivity contribution in [3.05, 3.63) is 89.5 Å². The standard InChI is InChI=1S/C40H50N6O5/c1-5-9-11-28(7-3)26-50-36(48)31-15-21-34(22-16-31)42-39-44-38(41-33-19-13-30(25-47)14-20-33)45-40(46-39)43-35-23-17-32(18-24-35)37(49)51-27-29(8-4)12-10-6-2/h13-25,28-29H,5-12,26-27H2,1-4H3,(H3,41,42,43,44,45,46). The number of anilines is 6. The molecule has 0 radical (unpaired) electrons. The highest BCUT2D eigenvalue weighted by Crippen LogP contribution is 2.23. The average Bonchev–Trinajstić information content (AvgIpc) is 3.15. The molecule has 2 unspecified atom stereocenters. The molecule has 0 aliphatic carbocycles. The van der Waals surface area contributed by atoms with Crippen molar-refractivity contribution in [2.75, 3.05) is 29.2 Å². The fourth-order valence-electron chi connectivity index (χ4n) is 5.31. The molecule has 11 heteroatoms. The highest BCUT2D eigenvalue weighted by Gasteiger charge is 2.15. The first-order valence-electron chi connectivity index (χ1n) is 18.0. The first-order valence-corrected chi connectivity index (χ1v) is 18.0. The van der Waals surface area contributed by atoms with Crippen molar-refractivity contribution in [1.29, 1.82) is 0 Å². The SMILES string of the molecule is CCCCC(CC)COC(=O)c1ccc(Nc2nc(Nc3ccc(C=O)cc3)nc(Nc3ccc(C(=O)OCC(CC)CCCC)cc3)n2)cc1. The van der Waals surface area contributed by atoms with Crippen LogP contribution in [0.25, 0.3) is 0 Å². The number of carbonyl (C=O) groups excluding carboxylic acids is 3. The minimum atomic E-state index is -0.355. The van der Waals surface area contributed by atoms with E-state index in [9.17, 15) is 14.4 Å². The summed E-state index contributed by atoms with van der Waals surface area (Å²) in [5, 5.41) is 9.53. The number of aldehydes is 1. The van der Waals surface area contributed by atoms with Gasteiger partial charge in [0.1, 0.15) is 6.29 Å². The van der Waals surface area contributed by atoms with Gasteiger partial charge in [-0.2, -0.15) is 15.0 Å². The molecule has 0 saturated carbocycles. The Morgan fingerprint density at radius 1 is 0.588 bits per heavy atom. The Bertz CT molecular complexity index is 1580. The molecule has 1 heterocycles. The van der Waals surface area contributed by atoms with Gasteiger partial charge in [0.25, 0.3) is 0 Å². The van der Waals surface area contributed by atoms with Crippen molar-refractivity contribution < 1.29 is 23.9 Å². The van der Waals surface area contributed by atoms with E-state index in [1.165, 1.54) is 0 Å². The van der Waals surface area contributed by atoms with Crippen LogP contribution in [-0.4, -0.2) is 46.4 Å². The molecule has 0 amide bonds. The van der Waals surface area contributed by atoms with Gasteiger partial charge in [0.15, 0.2) is 0 Å². The van der Waals surface area contributed by atoms with Gasteiger partial charge in [-0.3, -0.25) is 4.79 Å². The van der Waals surface area contributed by atoms with E-state index in [4.69, 9.17) is 9.47 Å². The van der Waals surface area contributed by atoms with Gasteiger partial charge in [-0.1, -0.05) is 66.2 Å². The van der Waals surface area contributed by atoms with E-state index < -0.39 is 0 Å². The maximum absolute atomic E-state index is 12.7. The molecule has 0 saturated heterocycles. The molecule has 3 N–H and O–H groups in total. The monoisotopic (exact) mass is 694 g/mol. The fraction of sp³-hybridized carbons (Fsp3) is 0.400. The number of hydrogen-bond acceptors (Lipinski definition) is 11. The van der Waals surface area contributed by atoms with Crippen LogP contribution in [0.2, 0.25) is 0 Å². The van der Waals surface area contributed by atoms with Crippen LogP contribution >= 0.6 is 0 Å². The average molecular weight is 695 g/mol. The Hall–Kier alpha value is -5.32. The second-order valence-corrected chi connectivity index (χ2v) is 12.6. The topological polar surface area (TPSA) is 144 Å². The summed E-state index contributed by atoms with van der Waals surface area (Å²) in [5.41, 5.74) is 3.45. The van der Waals surface area contributed by atoms with E-state index in [0.29, 0.717) is 58.8 Å². The number of benzene rings is 3. The van der Waals surface area contributed by atoms with Gasteiger partial charge in [0.05, 0.1) is 24.3 Å². The lowest BCUT2D eigenvalue weighted by atomic mass is 10.0. The molecule has 2 atom stereocenters. The van der Waals surface area contributed by atoms with E-state index >= 15 is 0 Å². The van der Waals surface area contributed by atoms with Crippen molar-refractivity contribution in [1.82, 2.24) is 15.0 Å². The Balaban J connectivity index is 1.46. The van der Waals surface area contributed by atoms with Gasteiger partial charge >= 0.3 is 11.9 Å². The molecule has 1 aromatic heterocycles. The Morgan fingerprint density at radius 2 is 0.941 bits per heavy atom. The van der Waals surface area contributed by atoms with Gasteiger partial charge < -0.3 is 25.4 Å². The molecule has 270 valence electrons. The van der Waals surface area contributed by atoms with Gasteiger partial charge in [-0.25, -0.2) is 9.59 Å². The van der Waals surface area contributed by atoms with Crippen molar-refractivity contribution in [3.63, 3.8) is 0 Å². The normalized spacial score (nSPS) is 12.0. The van der Waals surface area contributed by atoms with Gasteiger partial charge in [-0.05, 0) is 97.5 Å². The van der Waals surface area contributed by atoms with Crippen LogP contribution < -0.4 is 16.0 Å². The second-order valence-electron chi connectivity index (χ2n) is 12.6. The molecule has 0 bridgehead atoms. The summed E-state index contributed by atoms with van der Waals surface area (Å²) in [6.07, 6.45) is 9.29. The number of unbranched alkanes of at least 4 members (excludes halogenated alkanes) is 2. The summed E-state index contributed by atoms with van der Waals surface area (Å²) in [5.74, 6) is 0.742. The number of ether oxygens (including phenoxy) is 2. The summed E-state index contributed by atoms with van der Waals surface area (Å²) >= 11 is 0. The molecule has 0 fully saturated rings. The largest absolute Gasteiger partial charge is 0.462 e. The van der Waals surface area contributed by atoms with E-state index in [2.05, 4.69) is 58.6 Å². The van der Waals surface area contributed by atoms with Crippen molar-refractivity contribution in [2.45, 2.75) is 79.1 Å². The molecule has 11 nitrogen and oxygen atoms in total. The van der Waals surface area contributed by atoms with E-state index in [1.54, 1.807) is 72.8 Å². The van der Waals surface area contributed by atoms with E-state index in [0.717, 1.165) is 57.7 Å². The van der Waals surface area contributed by atoms with E-state index in [-0.39, 0.29) is 29.8 Å². The van der Waals surface area contributed by atoms with Crippen LogP contribution in [0.3, 0.4) is 0 Å². The lowest BCUT2D eigenvalue weighted by molar-refractivity contribution is 0.0419. The number of hydrogen-bond donors (Lipinski definition) is 3. The zero-order chi connectivity index (χ0) is 36.4. The summed E-state index contributed by atoms with van der Waals surface area (Å²) in [4.78, 5) is 50.2. The quantitative estimate of drug-likeness (QED) is 0.0566. The minimum absolute atomic E-state index is 0.241. The predicted molar refractivity (Wildman–Crippen MR) is 202 cm³/mol. The number of nitrogens with one attached hydrogen (secondary N) is 3. The Morgan fingerprint density at radius 3 is 1.25 bits per heavy atom. The van der Waals surface area contributed by atoms with Gasteiger partial charge in [0, 0.05) is 22.6 Å². The number of esters is 2. The Kier molecular flexibility index (Phi) is 15.4. The van der Waals surface area contributed by atoms with Crippen LogP contribution in [0.1, 0.15) is 110 Å². The highest BCUT2D eigenvalue weighted by atomic mass is 16.5. The van der Waals surface area contributed by atoms with Gasteiger partial charge in [0.2, 0.25) is 17.8 Å². The maximum Gasteiger partial charge on any atom is 0.338 e. The molecule has 4 aromatic rings. The zero-order valence-electron chi connectivity index (χ0n) is 30.1. The summed E-state index contributed by atoms with van der Waals surface area (Å²) < 4.78 is 11.2. The third-order valence-corrected chi connectivity index (χ3v) is 8.68. The first kappa shape index (κ1) is 38.5. The summed E-state index contributed by atoms with van der Waals surface area (Å²) in [6, 6.07) is 20.7. The van der Waals surface area contributed by atoms with Crippen LogP contribution in [-0.2, 0) is 9.47 Å². The van der Waals surface area contributed by atoms with Crippen molar-refractivity contribution in [3.8, 4) is 0 Å². The molecule has 0 spiro atoms. The van der Waals surface area contributed by atoms with Gasteiger partial charge in [-0.15, -0.1) is 0 Å². The number of aromatic nitrogens is 3. The molecular weight excluding hydrogens is 644 g/mol. The van der Waals surface area contributed by atoms with Crippen LogP contribution in [0.15, 0.2) is 72.8 Å². The lowest BCUT2D eigenvalue weighted by Crippen LogP contribution is -2.14. The fourth-order valence-corrected chi connectivity index (χ4v) is 5.31. The van der Waals surface area contributed by atoms with Crippen molar-refractivity contribution >= 4 is 53.1 Å². The predicted octanol–water partition coefficient (Wildman–Crippen LogP) is 9.66. The van der Waals surface area contributed by atoms with Crippen LogP contribution in [0, 0.1) is 11.8 Å². The lowest BCUT2D eigenvalue weighted by Gasteiger charge is -2.15. The zero-order valence-corrected chi connectivity index (χ0v) is 30.1. The maximum atomic E-state index is 12.7. The molecule has 0 aliphatic rings. The minimum Gasteiger partial charge on any atom is -0.462 e. The second kappa shape index (κ2) is 20.4. The van der Waals surface area contributed by atoms with Crippen LogP contribution in [0.5, 0.6) is 0 Å². The van der Waals surface area contributed by atoms with Crippen molar-refractivity contribution in [2.24, 2.45) is 11.8 Å². The molecular formula is C40H50N6O5. The molecule has 0 aliphatic heterocycles. The van der Waals surface area contributed by atoms with Crippen LogP contribution in [0.4, 0.5) is 34.9 Å². The third kappa shape index (κ3) is 12.5. The highest BCUT2D eigenvalue weighted by molar-refractivity contribution is 5.90. The molecule has 51 heavy (non-hydrogen) atoms. The Labute approximate surface area is 301 Å². The summed E-state index contributed by atoms with van der Waals surface area (Å²) in [6.45, 7) is 9.38. The molecule has 3 aromatic carbocycles.